The Bertz CT molecular complexity index is 1010. The van der Waals surface area contributed by atoms with Crippen LogP contribution in [-0.4, -0.2) is 46.5 Å². The topological polar surface area (TPSA) is 108 Å². The standard InChI is InChI=1S/C19H18BrNO7S/c20-14-4-2-13(3-5-14)16(22)12-28-19(23)11-21-29(24,25)15-6-7-17-18(10-15)27-9-1-8-26-17/h2-7,10,21H,1,8-9,11-12H2. The number of esters is 1. The smallest absolute Gasteiger partial charge is 0.321 e. The van der Waals surface area contributed by atoms with Crippen molar-refractivity contribution in [3.8, 4) is 11.5 Å². The van der Waals surface area contributed by atoms with E-state index in [1.54, 1.807) is 24.3 Å². The lowest BCUT2D eigenvalue weighted by Crippen LogP contribution is -2.31. The van der Waals surface area contributed by atoms with Crippen LogP contribution < -0.4 is 14.2 Å². The van der Waals surface area contributed by atoms with E-state index in [4.69, 9.17) is 14.2 Å². The van der Waals surface area contributed by atoms with E-state index in [-0.39, 0.29) is 4.90 Å². The molecule has 1 aliphatic heterocycles. The van der Waals surface area contributed by atoms with Gasteiger partial charge in [0, 0.05) is 22.5 Å². The summed E-state index contributed by atoms with van der Waals surface area (Å²) in [6, 6.07) is 10.8. The van der Waals surface area contributed by atoms with Crippen LogP contribution in [0, 0.1) is 0 Å². The summed E-state index contributed by atoms with van der Waals surface area (Å²) in [5.41, 5.74) is 0.383. The second-order valence-electron chi connectivity index (χ2n) is 6.07. The summed E-state index contributed by atoms with van der Waals surface area (Å²) in [6.07, 6.45) is 0.694. The van der Waals surface area contributed by atoms with Crippen LogP contribution in [0.1, 0.15) is 16.8 Å². The Morgan fingerprint density at radius 3 is 2.45 bits per heavy atom. The van der Waals surface area contributed by atoms with Gasteiger partial charge >= 0.3 is 5.97 Å². The van der Waals surface area contributed by atoms with Crippen molar-refractivity contribution in [3.63, 3.8) is 0 Å². The van der Waals surface area contributed by atoms with Gasteiger partial charge in [-0.1, -0.05) is 28.1 Å². The van der Waals surface area contributed by atoms with Crippen molar-refractivity contribution in [2.45, 2.75) is 11.3 Å². The van der Waals surface area contributed by atoms with Crippen LogP contribution in [0.3, 0.4) is 0 Å². The van der Waals surface area contributed by atoms with Crippen LogP contribution in [0.25, 0.3) is 0 Å². The molecule has 1 heterocycles. The van der Waals surface area contributed by atoms with E-state index in [0.29, 0.717) is 36.7 Å². The van der Waals surface area contributed by atoms with E-state index >= 15 is 0 Å². The Balaban J connectivity index is 1.54. The van der Waals surface area contributed by atoms with Crippen molar-refractivity contribution in [1.29, 1.82) is 0 Å². The predicted octanol–water partition coefficient (Wildman–Crippen LogP) is 2.31. The largest absolute Gasteiger partial charge is 0.490 e. The molecular weight excluding hydrogens is 466 g/mol. The van der Waals surface area contributed by atoms with Gasteiger partial charge in [-0.2, -0.15) is 4.72 Å². The Labute approximate surface area is 176 Å². The molecule has 0 aliphatic carbocycles. The summed E-state index contributed by atoms with van der Waals surface area (Å²) in [4.78, 5) is 23.8. The number of carbonyl (C=O) groups excluding carboxylic acids is 2. The first-order valence-corrected chi connectivity index (χ1v) is 11.0. The highest BCUT2D eigenvalue weighted by Crippen LogP contribution is 2.31. The first-order chi connectivity index (χ1) is 13.8. The van der Waals surface area contributed by atoms with Gasteiger partial charge in [0.15, 0.2) is 23.9 Å². The Morgan fingerprint density at radius 1 is 1.03 bits per heavy atom. The molecular formula is C19H18BrNO7S. The number of Topliss-reactive ketones (excluding diaryl/α,β-unsaturated/α-hetero) is 1. The summed E-state index contributed by atoms with van der Waals surface area (Å²) < 4.78 is 43.6. The van der Waals surface area contributed by atoms with E-state index < -0.39 is 34.9 Å². The van der Waals surface area contributed by atoms with Gasteiger partial charge in [-0.25, -0.2) is 8.42 Å². The molecule has 154 valence electrons. The van der Waals surface area contributed by atoms with E-state index in [9.17, 15) is 18.0 Å². The zero-order chi connectivity index (χ0) is 20.9. The van der Waals surface area contributed by atoms with Gasteiger partial charge in [-0.05, 0) is 24.3 Å². The summed E-state index contributed by atoms with van der Waals surface area (Å²) in [6.45, 7) is -0.179. The Kier molecular flexibility index (Phi) is 6.88. The van der Waals surface area contributed by atoms with Crippen molar-refractivity contribution < 1.29 is 32.2 Å². The van der Waals surface area contributed by atoms with Crippen LogP contribution in [0.2, 0.25) is 0 Å². The van der Waals surface area contributed by atoms with Crippen LogP contribution in [0.5, 0.6) is 11.5 Å². The van der Waals surface area contributed by atoms with Crippen molar-refractivity contribution in [2.75, 3.05) is 26.4 Å². The number of ether oxygens (including phenoxy) is 3. The predicted molar refractivity (Wildman–Crippen MR) is 107 cm³/mol. The quantitative estimate of drug-likeness (QED) is 0.475. The molecule has 8 nitrogen and oxygen atoms in total. The summed E-state index contributed by atoms with van der Waals surface area (Å²) in [7, 11) is -3.97. The summed E-state index contributed by atoms with van der Waals surface area (Å²) >= 11 is 3.26. The van der Waals surface area contributed by atoms with Gasteiger partial charge in [0.1, 0.15) is 6.54 Å². The number of nitrogens with one attached hydrogen (secondary N) is 1. The lowest BCUT2D eigenvalue weighted by Gasteiger charge is -2.11. The molecule has 0 atom stereocenters. The molecule has 0 fully saturated rings. The van der Waals surface area contributed by atoms with Gasteiger partial charge in [-0.15, -0.1) is 0 Å². The lowest BCUT2D eigenvalue weighted by atomic mass is 10.1. The molecule has 2 aromatic carbocycles. The van der Waals surface area contributed by atoms with Crippen LogP contribution >= 0.6 is 15.9 Å². The molecule has 0 radical (unpaired) electrons. The van der Waals surface area contributed by atoms with Crippen molar-refractivity contribution in [3.05, 3.63) is 52.5 Å². The zero-order valence-corrected chi connectivity index (χ0v) is 17.6. The number of halogens is 1. The molecule has 0 saturated heterocycles. The summed E-state index contributed by atoms with van der Waals surface area (Å²) in [5, 5.41) is 0. The first-order valence-electron chi connectivity index (χ1n) is 8.69. The average molecular weight is 484 g/mol. The maximum atomic E-state index is 12.4. The number of carbonyl (C=O) groups is 2. The summed E-state index contributed by atoms with van der Waals surface area (Å²) in [5.74, 6) is -0.467. The molecule has 3 rings (SSSR count). The van der Waals surface area contributed by atoms with Crippen molar-refractivity contribution in [1.82, 2.24) is 4.72 Å². The minimum absolute atomic E-state index is 0.0690. The number of benzene rings is 2. The van der Waals surface area contributed by atoms with Crippen LogP contribution in [-0.2, 0) is 19.6 Å². The second kappa shape index (κ2) is 9.38. The molecule has 0 saturated carbocycles. The molecule has 1 N–H and O–H groups in total. The Morgan fingerprint density at radius 2 is 1.72 bits per heavy atom. The van der Waals surface area contributed by atoms with E-state index in [2.05, 4.69) is 20.7 Å². The van der Waals surface area contributed by atoms with E-state index in [1.165, 1.54) is 18.2 Å². The van der Waals surface area contributed by atoms with Gasteiger partial charge in [-0.3, -0.25) is 9.59 Å². The first kappa shape index (κ1) is 21.3. The van der Waals surface area contributed by atoms with Crippen LogP contribution in [0.15, 0.2) is 51.8 Å². The molecule has 10 heteroatoms. The maximum absolute atomic E-state index is 12.4. The molecule has 0 bridgehead atoms. The minimum Gasteiger partial charge on any atom is -0.490 e. The lowest BCUT2D eigenvalue weighted by molar-refractivity contribution is -0.141. The van der Waals surface area contributed by atoms with Crippen LogP contribution in [0.4, 0.5) is 0 Å². The normalized spacial score (nSPS) is 13.4. The fraction of sp³-hybridized carbons (Fsp3) is 0.263. The zero-order valence-electron chi connectivity index (χ0n) is 15.2. The van der Waals surface area contributed by atoms with E-state index in [1.807, 2.05) is 0 Å². The molecule has 0 aromatic heterocycles. The van der Waals surface area contributed by atoms with Crippen molar-refractivity contribution >= 4 is 37.7 Å². The fourth-order valence-electron chi connectivity index (χ4n) is 2.46. The number of rotatable bonds is 7. The third-order valence-corrected chi connectivity index (χ3v) is 5.89. The minimum atomic E-state index is -3.97. The van der Waals surface area contributed by atoms with Crippen molar-refractivity contribution in [2.24, 2.45) is 0 Å². The third kappa shape index (κ3) is 5.78. The van der Waals surface area contributed by atoms with E-state index in [0.717, 1.165) is 4.47 Å². The highest BCUT2D eigenvalue weighted by atomic mass is 79.9. The second-order valence-corrected chi connectivity index (χ2v) is 8.76. The van der Waals surface area contributed by atoms with Gasteiger partial charge in [0.25, 0.3) is 0 Å². The average Bonchev–Trinajstić information content (AvgIpc) is 2.96. The highest BCUT2D eigenvalue weighted by molar-refractivity contribution is 9.10. The highest BCUT2D eigenvalue weighted by Gasteiger charge is 2.20. The molecule has 1 aliphatic rings. The number of hydrogen-bond acceptors (Lipinski definition) is 7. The SMILES string of the molecule is O=C(CNS(=O)(=O)c1ccc2c(c1)OCCCO2)OCC(=O)c1ccc(Br)cc1. The maximum Gasteiger partial charge on any atom is 0.321 e. The number of hydrogen-bond donors (Lipinski definition) is 1. The van der Waals surface area contributed by atoms with Gasteiger partial charge in [0.2, 0.25) is 10.0 Å². The molecule has 0 unspecified atom stereocenters. The Hall–Kier alpha value is -2.43. The number of ketones is 1. The molecule has 29 heavy (non-hydrogen) atoms. The van der Waals surface area contributed by atoms with Gasteiger partial charge < -0.3 is 14.2 Å². The number of fused-ring (bicyclic) bond motifs is 1. The number of sulfonamides is 1. The monoisotopic (exact) mass is 483 g/mol. The fourth-order valence-corrected chi connectivity index (χ4v) is 3.71. The molecule has 2 aromatic rings. The molecule has 0 amide bonds. The van der Waals surface area contributed by atoms with Gasteiger partial charge in [0.05, 0.1) is 18.1 Å². The third-order valence-electron chi connectivity index (χ3n) is 3.97. The molecule has 0 spiro atoms.